The van der Waals surface area contributed by atoms with Crippen LogP contribution in [0.2, 0.25) is 0 Å². The first kappa shape index (κ1) is 55.8. The molecule has 12 heteroatoms. The zero-order valence-corrected chi connectivity index (χ0v) is 46.1. The second-order valence-corrected chi connectivity index (χ2v) is 24.0. The number of ether oxygens (including phenoxy) is 8. The molecule has 4 aliphatic carbocycles. The lowest BCUT2D eigenvalue weighted by molar-refractivity contribution is -0.141. The second kappa shape index (κ2) is 26.1. The molecule has 0 amide bonds. The van der Waals surface area contributed by atoms with E-state index in [9.17, 15) is 19.2 Å². The molecule has 0 radical (unpaired) electrons. The molecule has 3 aromatic rings. The number of benzene rings is 3. The van der Waals surface area contributed by atoms with Crippen LogP contribution in [0, 0.1) is 58.2 Å². The highest BCUT2D eigenvalue weighted by atomic mass is 16.6. The van der Waals surface area contributed by atoms with Gasteiger partial charge in [0.15, 0.2) is 23.0 Å². The van der Waals surface area contributed by atoms with Gasteiger partial charge >= 0.3 is 23.9 Å². The van der Waals surface area contributed by atoms with Gasteiger partial charge in [-0.05, 0) is 174 Å². The lowest BCUT2D eigenvalue weighted by Crippen LogP contribution is -2.46. The fourth-order valence-electron chi connectivity index (χ4n) is 13.3. The van der Waals surface area contributed by atoms with Crippen molar-refractivity contribution in [3.8, 4) is 34.5 Å². The largest absolute Gasteiger partial charge is 0.493 e. The van der Waals surface area contributed by atoms with Gasteiger partial charge in [-0.2, -0.15) is 0 Å². The van der Waals surface area contributed by atoms with Gasteiger partial charge in [0.2, 0.25) is 0 Å². The minimum atomic E-state index is -0.725. The third kappa shape index (κ3) is 14.0. The number of hydrogen-bond acceptors (Lipinski definition) is 12. The zero-order chi connectivity index (χ0) is 53.1. The maximum atomic E-state index is 14.3. The van der Waals surface area contributed by atoms with Crippen molar-refractivity contribution in [2.24, 2.45) is 58.2 Å². The van der Waals surface area contributed by atoms with Crippen LogP contribution in [-0.4, -0.2) is 63.5 Å². The second-order valence-electron chi connectivity index (χ2n) is 24.0. The van der Waals surface area contributed by atoms with E-state index in [2.05, 4.69) is 27.7 Å². The summed E-state index contributed by atoms with van der Waals surface area (Å²) in [7, 11) is 0. The Balaban J connectivity index is 0.947. The summed E-state index contributed by atoms with van der Waals surface area (Å²) in [6.07, 6.45) is 23.8. The SMILES string of the molecule is CCCC1CCC(C2CCC(C(=O)Oc3cc(OC(=O)c4ccc(OCC5(CC)COC5)cc4)c(OC(=O)C4CCC(C5CCC(CCC)CC5)CC4)cc3OC(=O)c3ccc(OCC4(CC)COC4)cc3)CC2)CC1. The molecular formula is C64H86O12. The first-order valence-corrected chi connectivity index (χ1v) is 29.6. The van der Waals surface area contributed by atoms with Gasteiger partial charge in [0.1, 0.15) is 11.5 Å². The Kier molecular flexibility index (Phi) is 19.2. The maximum Gasteiger partial charge on any atom is 0.343 e. The van der Waals surface area contributed by atoms with E-state index in [0.717, 1.165) is 50.4 Å². The number of hydrogen-bond donors (Lipinski definition) is 0. The van der Waals surface area contributed by atoms with Gasteiger partial charge in [-0.1, -0.05) is 79.1 Å². The Morgan fingerprint density at radius 2 is 0.750 bits per heavy atom. The van der Waals surface area contributed by atoms with Gasteiger partial charge in [0.05, 0.1) is 73.4 Å². The highest BCUT2D eigenvalue weighted by molar-refractivity contribution is 5.93. The molecule has 0 bridgehead atoms. The summed E-state index contributed by atoms with van der Waals surface area (Å²) in [6, 6.07) is 16.1. The van der Waals surface area contributed by atoms with Crippen LogP contribution >= 0.6 is 0 Å². The molecule has 0 spiro atoms. The van der Waals surface area contributed by atoms with Crippen LogP contribution in [0.25, 0.3) is 0 Å². The summed E-state index contributed by atoms with van der Waals surface area (Å²) < 4.78 is 47.8. The van der Waals surface area contributed by atoms with E-state index in [1.807, 2.05) is 0 Å². The van der Waals surface area contributed by atoms with Crippen molar-refractivity contribution < 1.29 is 57.1 Å². The van der Waals surface area contributed by atoms with E-state index in [0.29, 0.717) is 100 Å². The molecule has 12 nitrogen and oxygen atoms in total. The van der Waals surface area contributed by atoms with Crippen molar-refractivity contribution in [2.75, 3.05) is 39.6 Å². The van der Waals surface area contributed by atoms with Crippen molar-refractivity contribution in [1.82, 2.24) is 0 Å². The summed E-state index contributed by atoms with van der Waals surface area (Å²) in [6.45, 7) is 12.4. The van der Waals surface area contributed by atoms with Crippen LogP contribution in [0.3, 0.4) is 0 Å². The average Bonchev–Trinajstić information content (AvgIpc) is 3.42. The molecule has 0 N–H and O–H groups in total. The van der Waals surface area contributed by atoms with Crippen molar-refractivity contribution >= 4 is 23.9 Å². The summed E-state index contributed by atoms with van der Waals surface area (Å²) in [5.74, 6) is 1.87. The fraction of sp³-hybridized carbons (Fsp3) is 0.656. The van der Waals surface area contributed by atoms with Crippen molar-refractivity contribution in [2.45, 2.75) is 169 Å². The number of carbonyl (C=O) groups is 4. The molecule has 2 heterocycles. The topological polar surface area (TPSA) is 142 Å². The standard InChI is InChI=1S/C64H86O12/c1-5-9-43-11-15-45(16-12-43)47-19-23-49(24-20-47)59(65)73-55-35-58(76-62(68)52-29-33-54(34-30-52)72-42-64(8-4)39-70-40-64)56(74-60(66)50-25-21-48(22-26-50)46-17-13-44(10-6-2)14-18-46)36-57(55)75-61(67)51-27-31-53(32-28-51)71-41-63(7-3)37-69-38-63/h27-36,43-50H,5-26,37-42H2,1-4H3. The van der Waals surface area contributed by atoms with E-state index >= 15 is 0 Å². The Hall–Kier alpha value is -4.94. The lowest BCUT2D eigenvalue weighted by Gasteiger charge is -2.40. The third-order valence-electron chi connectivity index (χ3n) is 19.0. The van der Waals surface area contributed by atoms with Crippen LogP contribution in [0.1, 0.15) is 190 Å². The van der Waals surface area contributed by atoms with Gasteiger partial charge in [0, 0.05) is 12.1 Å². The third-order valence-corrected chi connectivity index (χ3v) is 19.0. The molecule has 76 heavy (non-hydrogen) atoms. The summed E-state index contributed by atoms with van der Waals surface area (Å²) in [5.41, 5.74) is 0.420. The van der Waals surface area contributed by atoms with Crippen LogP contribution < -0.4 is 28.4 Å². The number of carbonyl (C=O) groups excluding carboxylic acids is 4. The minimum absolute atomic E-state index is 0.0183. The molecule has 414 valence electrons. The van der Waals surface area contributed by atoms with Crippen molar-refractivity contribution in [1.29, 1.82) is 0 Å². The molecule has 6 aliphatic rings. The van der Waals surface area contributed by atoms with E-state index in [-0.39, 0.29) is 56.8 Å². The zero-order valence-electron chi connectivity index (χ0n) is 46.1. The fourth-order valence-corrected chi connectivity index (χ4v) is 13.3. The molecule has 0 unspecified atom stereocenters. The van der Waals surface area contributed by atoms with Gasteiger partial charge in [0.25, 0.3) is 0 Å². The van der Waals surface area contributed by atoms with E-state index in [1.165, 1.54) is 89.2 Å². The predicted molar refractivity (Wildman–Crippen MR) is 290 cm³/mol. The number of esters is 4. The van der Waals surface area contributed by atoms with Crippen LogP contribution in [-0.2, 0) is 19.1 Å². The Morgan fingerprint density at radius 1 is 0.434 bits per heavy atom. The maximum absolute atomic E-state index is 14.3. The quantitative estimate of drug-likeness (QED) is 0.0698. The Bertz CT molecular complexity index is 2190. The lowest BCUT2D eigenvalue weighted by atomic mass is 9.69. The summed E-state index contributed by atoms with van der Waals surface area (Å²) >= 11 is 0. The Labute approximate surface area is 452 Å². The van der Waals surface area contributed by atoms with Crippen LogP contribution in [0.4, 0.5) is 0 Å². The highest BCUT2D eigenvalue weighted by Crippen LogP contribution is 2.47. The minimum Gasteiger partial charge on any atom is -0.493 e. The highest BCUT2D eigenvalue weighted by Gasteiger charge is 2.40. The molecule has 3 aromatic carbocycles. The monoisotopic (exact) mass is 1050 g/mol. The average molecular weight is 1050 g/mol. The predicted octanol–water partition coefficient (Wildman–Crippen LogP) is 14.4. The molecule has 2 saturated heterocycles. The van der Waals surface area contributed by atoms with Gasteiger partial charge in [-0.3, -0.25) is 9.59 Å². The molecule has 0 aromatic heterocycles. The first-order valence-electron chi connectivity index (χ1n) is 29.6. The molecule has 2 aliphatic heterocycles. The van der Waals surface area contributed by atoms with E-state index in [1.54, 1.807) is 48.5 Å². The molecular weight excluding hydrogens is 961 g/mol. The van der Waals surface area contributed by atoms with E-state index < -0.39 is 23.9 Å². The van der Waals surface area contributed by atoms with Crippen molar-refractivity contribution in [3.05, 3.63) is 71.8 Å². The molecule has 4 saturated carbocycles. The van der Waals surface area contributed by atoms with Crippen LogP contribution in [0.15, 0.2) is 60.7 Å². The molecule has 6 fully saturated rings. The first-order chi connectivity index (χ1) is 37.0. The van der Waals surface area contributed by atoms with Crippen molar-refractivity contribution in [3.63, 3.8) is 0 Å². The van der Waals surface area contributed by atoms with Crippen LogP contribution in [0.5, 0.6) is 34.5 Å². The summed E-state index contributed by atoms with van der Waals surface area (Å²) in [5, 5.41) is 0. The normalized spacial score (nSPS) is 26.9. The Morgan fingerprint density at radius 3 is 1.04 bits per heavy atom. The molecule has 9 rings (SSSR count). The molecule has 0 atom stereocenters. The summed E-state index contributed by atoms with van der Waals surface area (Å²) in [4.78, 5) is 56.8. The van der Waals surface area contributed by atoms with Gasteiger partial charge < -0.3 is 37.9 Å². The number of rotatable bonds is 22. The van der Waals surface area contributed by atoms with Gasteiger partial charge in [-0.15, -0.1) is 0 Å². The van der Waals surface area contributed by atoms with Gasteiger partial charge in [-0.25, -0.2) is 9.59 Å². The smallest absolute Gasteiger partial charge is 0.343 e. The van der Waals surface area contributed by atoms with E-state index in [4.69, 9.17) is 37.9 Å².